The molecule has 0 atom stereocenters. The van der Waals surface area contributed by atoms with Crippen LogP contribution in [-0.4, -0.2) is 19.6 Å². The molecule has 2 aromatic carbocycles. The van der Waals surface area contributed by atoms with Crippen molar-refractivity contribution in [2.75, 3.05) is 0 Å². The summed E-state index contributed by atoms with van der Waals surface area (Å²) >= 11 is -1.26. The number of hydrogen-bond donors (Lipinski definition) is 0. The maximum absolute atomic E-state index is 2.32. The molecule has 2 aromatic rings. The predicted molar refractivity (Wildman–Crippen MR) is 68.4 cm³/mol. The molecule has 0 heterocycles. The minimum atomic E-state index is -1.26. The van der Waals surface area contributed by atoms with Gasteiger partial charge in [0.25, 0.3) is 0 Å². The third-order valence-corrected chi connectivity index (χ3v) is 8.79. The van der Waals surface area contributed by atoms with Crippen LogP contribution in [0.1, 0.15) is 6.92 Å². The Hall–Kier alpha value is -0.0404. The van der Waals surface area contributed by atoms with Gasteiger partial charge in [-0.3, -0.25) is 0 Å². The SMILES string of the molecule is CC[Te+](c1ccccc1)c1ccccc1.[I-]. The summed E-state index contributed by atoms with van der Waals surface area (Å²) in [5, 5.41) is 0. The monoisotopic (exact) mass is 440 g/mol. The van der Waals surface area contributed by atoms with Crippen molar-refractivity contribution in [3.8, 4) is 0 Å². The molecule has 0 radical (unpaired) electrons. The van der Waals surface area contributed by atoms with Gasteiger partial charge in [-0.15, -0.1) is 0 Å². The van der Waals surface area contributed by atoms with E-state index in [2.05, 4.69) is 67.6 Å². The smallest absolute Gasteiger partial charge is 1.00 e. The average Bonchev–Trinajstić information content (AvgIpc) is 2.33. The van der Waals surface area contributed by atoms with Gasteiger partial charge in [0.1, 0.15) is 0 Å². The predicted octanol–water partition coefficient (Wildman–Crippen LogP) is -0.680. The van der Waals surface area contributed by atoms with Gasteiger partial charge in [-0.25, -0.2) is 0 Å². The summed E-state index contributed by atoms with van der Waals surface area (Å²) in [6.07, 6.45) is 0. The number of benzene rings is 2. The Bertz CT molecular complexity index is 360. The molecule has 2 rings (SSSR count). The zero-order valence-corrected chi connectivity index (χ0v) is 13.8. The Morgan fingerprint density at radius 2 is 1.12 bits per heavy atom. The molecule has 0 aliphatic heterocycles. The van der Waals surface area contributed by atoms with Gasteiger partial charge in [0.15, 0.2) is 0 Å². The van der Waals surface area contributed by atoms with Crippen molar-refractivity contribution in [3.63, 3.8) is 0 Å². The van der Waals surface area contributed by atoms with Gasteiger partial charge in [0.05, 0.1) is 0 Å². The fourth-order valence-electron chi connectivity index (χ4n) is 1.64. The normalized spacial score (nSPS) is 9.88. The molecule has 84 valence electrons. The van der Waals surface area contributed by atoms with Gasteiger partial charge < -0.3 is 24.0 Å². The van der Waals surface area contributed by atoms with E-state index >= 15 is 0 Å². The maximum Gasteiger partial charge on any atom is -1.00 e. The first-order valence-electron chi connectivity index (χ1n) is 5.23. The van der Waals surface area contributed by atoms with Gasteiger partial charge >= 0.3 is 98.8 Å². The zero-order chi connectivity index (χ0) is 10.5. The molecule has 0 N–H and O–H groups in total. The number of hydrogen-bond acceptors (Lipinski definition) is 0. The van der Waals surface area contributed by atoms with Crippen molar-refractivity contribution in [3.05, 3.63) is 60.7 Å². The Labute approximate surface area is 122 Å². The molecule has 0 nitrogen and oxygen atoms in total. The first-order chi connectivity index (χ1) is 7.42. The van der Waals surface area contributed by atoms with E-state index in [1.807, 2.05) is 0 Å². The standard InChI is InChI=1S/C14H15Te.HI/c1-2-15(13-9-5-3-6-10-13)14-11-7-4-8-12-14;/h3-12H,2H2,1H3;1H/q+1;/p-1. The Morgan fingerprint density at radius 3 is 1.44 bits per heavy atom. The topological polar surface area (TPSA) is 0 Å². The molecule has 0 amide bonds. The van der Waals surface area contributed by atoms with Crippen molar-refractivity contribution in [2.45, 2.75) is 11.4 Å². The van der Waals surface area contributed by atoms with E-state index in [0.29, 0.717) is 0 Å². The molecular formula is C14H15ITe. The van der Waals surface area contributed by atoms with E-state index in [1.165, 1.54) is 4.47 Å². The molecule has 16 heavy (non-hydrogen) atoms. The second-order valence-electron chi connectivity index (χ2n) is 3.31. The second-order valence-corrected chi connectivity index (χ2v) is 9.87. The van der Waals surface area contributed by atoms with Crippen LogP contribution in [-0.2, 0) is 0 Å². The van der Waals surface area contributed by atoms with Crippen LogP contribution in [0.5, 0.6) is 0 Å². The van der Waals surface area contributed by atoms with Gasteiger partial charge in [-0.05, 0) is 0 Å². The summed E-state index contributed by atoms with van der Waals surface area (Å²) in [6.45, 7) is 2.32. The maximum atomic E-state index is 2.32. The summed E-state index contributed by atoms with van der Waals surface area (Å²) in [6, 6.07) is 22.0. The Morgan fingerprint density at radius 1 is 0.750 bits per heavy atom. The van der Waals surface area contributed by atoms with E-state index < -0.39 is 19.6 Å². The van der Waals surface area contributed by atoms with Crippen LogP contribution in [0.2, 0.25) is 4.47 Å². The van der Waals surface area contributed by atoms with Crippen molar-refractivity contribution < 1.29 is 24.0 Å². The minimum absolute atomic E-state index is 0. The molecule has 2 heteroatoms. The van der Waals surface area contributed by atoms with Crippen LogP contribution in [0.15, 0.2) is 60.7 Å². The van der Waals surface area contributed by atoms with Crippen molar-refractivity contribution in [1.82, 2.24) is 0 Å². The van der Waals surface area contributed by atoms with E-state index in [4.69, 9.17) is 0 Å². The molecule has 0 saturated carbocycles. The minimum Gasteiger partial charge on any atom is -1.00 e. The first-order valence-corrected chi connectivity index (χ1v) is 9.20. The molecule has 0 saturated heterocycles. The van der Waals surface area contributed by atoms with Crippen LogP contribution in [0.25, 0.3) is 0 Å². The fraction of sp³-hybridized carbons (Fsp3) is 0.143. The Kier molecular flexibility index (Phi) is 6.41. The molecule has 0 aromatic heterocycles. The second kappa shape index (κ2) is 7.32. The molecule has 0 fully saturated rings. The third-order valence-electron chi connectivity index (χ3n) is 2.34. The quantitative estimate of drug-likeness (QED) is 0.441. The third kappa shape index (κ3) is 3.48. The van der Waals surface area contributed by atoms with Crippen molar-refractivity contribution in [1.29, 1.82) is 0 Å². The van der Waals surface area contributed by atoms with Crippen LogP contribution < -0.4 is 31.2 Å². The molecule has 0 aliphatic rings. The van der Waals surface area contributed by atoms with Crippen LogP contribution in [0.3, 0.4) is 0 Å². The van der Waals surface area contributed by atoms with Gasteiger partial charge in [-0.2, -0.15) is 0 Å². The molecule has 0 unspecified atom stereocenters. The molecule has 0 aliphatic carbocycles. The van der Waals surface area contributed by atoms with E-state index in [-0.39, 0.29) is 24.0 Å². The van der Waals surface area contributed by atoms with Crippen LogP contribution >= 0.6 is 0 Å². The van der Waals surface area contributed by atoms with Crippen molar-refractivity contribution >= 4 is 26.8 Å². The summed E-state index contributed by atoms with van der Waals surface area (Å²) in [5.41, 5.74) is 0. The van der Waals surface area contributed by atoms with Crippen LogP contribution in [0, 0.1) is 0 Å². The van der Waals surface area contributed by atoms with Gasteiger partial charge in [0.2, 0.25) is 0 Å². The summed E-state index contributed by atoms with van der Waals surface area (Å²) < 4.78 is 4.47. The first kappa shape index (κ1) is 14.0. The summed E-state index contributed by atoms with van der Waals surface area (Å²) in [7, 11) is 0. The number of rotatable bonds is 3. The van der Waals surface area contributed by atoms with E-state index in [0.717, 1.165) is 0 Å². The average molecular weight is 438 g/mol. The van der Waals surface area contributed by atoms with Crippen molar-refractivity contribution in [2.24, 2.45) is 0 Å². The van der Waals surface area contributed by atoms with E-state index in [1.54, 1.807) is 7.22 Å². The zero-order valence-electron chi connectivity index (χ0n) is 9.27. The Balaban J connectivity index is 0.00000128. The molecular weight excluding hydrogens is 423 g/mol. The fourth-order valence-corrected chi connectivity index (χ4v) is 7.09. The van der Waals surface area contributed by atoms with Crippen LogP contribution in [0.4, 0.5) is 0 Å². The number of halogens is 1. The largest absolute Gasteiger partial charge is 1.00 e. The van der Waals surface area contributed by atoms with E-state index in [9.17, 15) is 0 Å². The molecule has 0 bridgehead atoms. The van der Waals surface area contributed by atoms with Gasteiger partial charge in [0, 0.05) is 0 Å². The van der Waals surface area contributed by atoms with Gasteiger partial charge in [-0.1, -0.05) is 0 Å². The summed E-state index contributed by atoms with van der Waals surface area (Å²) in [4.78, 5) is 0. The molecule has 0 spiro atoms. The summed E-state index contributed by atoms with van der Waals surface area (Å²) in [5.74, 6) is 0.